The topological polar surface area (TPSA) is 43.6 Å². The van der Waals surface area contributed by atoms with Crippen molar-refractivity contribution < 1.29 is 0 Å². The van der Waals surface area contributed by atoms with Crippen molar-refractivity contribution in [1.29, 1.82) is 0 Å². The quantitative estimate of drug-likeness (QED) is 0.412. The van der Waals surface area contributed by atoms with Crippen LogP contribution in [-0.2, 0) is 19.7 Å². The lowest BCUT2D eigenvalue weighted by Gasteiger charge is -1.95. The summed E-state index contributed by atoms with van der Waals surface area (Å²) in [6, 6.07) is 0. The van der Waals surface area contributed by atoms with Crippen molar-refractivity contribution in [3.05, 3.63) is 0 Å². The van der Waals surface area contributed by atoms with Crippen LogP contribution in [-0.4, -0.2) is 20.2 Å². The Morgan fingerprint density at radius 3 is 2.57 bits per heavy atom. The summed E-state index contributed by atoms with van der Waals surface area (Å²) in [5.74, 6) is 0. The predicted octanol–water partition coefficient (Wildman–Crippen LogP) is -0.884. The molecule has 4 nitrogen and oxygen atoms in total. The molecular formula is C2H3N4S-. The second-order valence-electron chi connectivity index (χ2n) is 1.09. The summed E-state index contributed by atoms with van der Waals surface area (Å²) >= 11 is 4.61. The number of rotatable bonds is 0. The van der Waals surface area contributed by atoms with Crippen molar-refractivity contribution in [3.8, 4) is 0 Å². The van der Waals surface area contributed by atoms with Crippen LogP contribution in [0.25, 0.3) is 0 Å². The van der Waals surface area contributed by atoms with Gasteiger partial charge in [-0.05, 0) is 10.4 Å². The van der Waals surface area contributed by atoms with Gasteiger partial charge in [0.2, 0.25) is 0 Å². The molecule has 0 amide bonds. The zero-order valence-electron chi connectivity index (χ0n) is 3.70. The molecule has 0 aliphatic carbocycles. The molecular weight excluding hydrogens is 112 g/mol. The van der Waals surface area contributed by atoms with Gasteiger partial charge in [0.1, 0.15) is 0 Å². The molecule has 7 heavy (non-hydrogen) atoms. The minimum absolute atomic E-state index is 0.417. The fourth-order valence-corrected chi connectivity index (χ4v) is 0.294. The van der Waals surface area contributed by atoms with E-state index in [0.717, 1.165) is 0 Å². The minimum atomic E-state index is 0.417. The van der Waals surface area contributed by atoms with Gasteiger partial charge < -0.3 is 12.6 Å². The van der Waals surface area contributed by atoms with Gasteiger partial charge in [-0.1, -0.05) is 0 Å². The van der Waals surface area contributed by atoms with Crippen molar-refractivity contribution in [2.24, 2.45) is 7.05 Å². The molecule has 1 heterocycles. The van der Waals surface area contributed by atoms with Crippen LogP contribution in [0.3, 0.4) is 0 Å². The Bertz CT molecular complexity index is 142. The number of hydrogen-bond acceptors (Lipinski definition) is 4. The zero-order valence-corrected chi connectivity index (χ0v) is 4.51. The molecule has 0 aromatic carbocycles. The van der Waals surface area contributed by atoms with E-state index in [2.05, 4.69) is 28.2 Å². The largest absolute Gasteiger partial charge is 0.739 e. The van der Waals surface area contributed by atoms with Crippen LogP contribution in [0.4, 0.5) is 0 Å². The van der Waals surface area contributed by atoms with Crippen molar-refractivity contribution in [2.45, 2.75) is 5.16 Å². The SMILES string of the molecule is Cn1nnnc1[S-]. The highest BCUT2D eigenvalue weighted by molar-refractivity contribution is 7.58. The Kier molecular flexibility index (Phi) is 0.900. The molecule has 5 heteroatoms. The van der Waals surface area contributed by atoms with Gasteiger partial charge in [-0.25, -0.2) is 0 Å². The maximum atomic E-state index is 4.61. The van der Waals surface area contributed by atoms with Gasteiger partial charge in [-0.2, -0.15) is 0 Å². The average molecular weight is 115 g/mol. The van der Waals surface area contributed by atoms with Crippen LogP contribution >= 0.6 is 0 Å². The smallest absolute Gasteiger partial charge is 0.0315 e. The van der Waals surface area contributed by atoms with Crippen molar-refractivity contribution in [2.75, 3.05) is 0 Å². The van der Waals surface area contributed by atoms with Crippen LogP contribution in [0.15, 0.2) is 5.16 Å². The molecule has 0 spiro atoms. The van der Waals surface area contributed by atoms with Crippen LogP contribution < -0.4 is 0 Å². The maximum absolute atomic E-state index is 4.61. The second-order valence-corrected chi connectivity index (χ2v) is 1.45. The number of aryl methyl sites for hydroxylation is 1. The fourth-order valence-electron chi connectivity index (χ4n) is 0.221. The predicted molar refractivity (Wildman–Crippen MR) is 24.4 cm³/mol. The molecule has 0 bridgehead atoms. The fraction of sp³-hybridized carbons (Fsp3) is 0.500. The summed E-state index contributed by atoms with van der Waals surface area (Å²) in [6.07, 6.45) is 0. The van der Waals surface area contributed by atoms with E-state index in [4.69, 9.17) is 0 Å². The van der Waals surface area contributed by atoms with E-state index in [1.165, 1.54) is 4.68 Å². The van der Waals surface area contributed by atoms with Crippen molar-refractivity contribution >= 4 is 12.6 Å². The highest BCUT2D eigenvalue weighted by Crippen LogP contribution is 1.79. The molecule has 0 fully saturated rings. The summed E-state index contributed by atoms with van der Waals surface area (Å²) in [4.78, 5) is 0. The van der Waals surface area contributed by atoms with Crippen molar-refractivity contribution in [3.63, 3.8) is 0 Å². The third-order valence-electron chi connectivity index (χ3n) is 0.581. The lowest BCUT2D eigenvalue weighted by atomic mass is 11.2. The van der Waals surface area contributed by atoms with Gasteiger partial charge in [0, 0.05) is 12.2 Å². The third-order valence-corrected chi connectivity index (χ3v) is 0.927. The second kappa shape index (κ2) is 1.42. The van der Waals surface area contributed by atoms with Gasteiger partial charge in [0.25, 0.3) is 0 Å². The summed E-state index contributed by atoms with van der Waals surface area (Å²) in [5, 5.41) is 10.6. The van der Waals surface area contributed by atoms with Crippen LogP contribution in [0.1, 0.15) is 0 Å². The van der Waals surface area contributed by atoms with Gasteiger partial charge in [0.15, 0.2) is 0 Å². The Balaban J connectivity index is 3.12. The first-order valence-electron chi connectivity index (χ1n) is 1.70. The first kappa shape index (κ1) is 4.45. The molecule has 0 saturated carbocycles. The Labute approximate surface area is 45.9 Å². The first-order chi connectivity index (χ1) is 3.30. The van der Waals surface area contributed by atoms with Crippen LogP contribution in [0, 0.1) is 0 Å². The van der Waals surface area contributed by atoms with Crippen molar-refractivity contribution in [1.82, 2.24) is 20.2 Å². The molecule has 38 valence electrons. The number of aromatic nitrogens is 4. The summed E-state index contributed by atoms with van der Waals surface area (Å²) in [6.45, 7) is 0. The van der Waals surface area contributed by atoms with Gasteiger partial charge in [-0.3, -0.25) is 4.68 Å². The summed E-state index contributed by atoms with van der Waals surface area (Å²) in [7, 11) is 1.70. The standard InChI is InChI=1S/C2H4N4S/c1-6-2(7)3-4-5-6/h1H3,(H,3,5,7)/p-1. The van der Waals surface area contributed by atoms with E-state index in [9.17, 15) is 0 Å². The Morgan fingerprint density at radius 2 is 2.43 bits per heavy atom. The van der Waals surface area contributed by atoms with Gasteiger partial charge >= 0.3 is 0 Å². The summed E-state index contributed by atoms with van der Waals surface area (Å²) < 4.78 is 1.43. The molecule has 0 radical (unpaired) electrons. The molecule has 0 N–H and O–H groups in total. The third kappa shape index (κ3) is 0.663. The van der Waals surface area contributed by atoms with Crippen LogP contribution in [0.5, 0.6) is 0 Å². The summed E-state index contributed by atoms with van der Waals surface area (Å²) in [5.41, 5.74) is 0. The van der Waals surface area contributed by atoms with E-state index >= 15 is 0 Å². The first-order valence-corrected chi connectivity index (χ1v) is 2.11. The number of hydrogen-bond donors (Lipinski definition) is 0. The minimum Gasteiger partial charge on any atom is -0.739 e. The van der Waals surface area contributed by atoms with E-state index in [0.29, 0.717) is 5.16 Å². The lowest BCUT2D eigenvalue weighted by Crippen LogP contribution is -1.91. The highest BCUT2D eigenvalue weighted by atomic mass is 32.1. The normalized spacial score (nSPS) is 9.29. The van der Waals surface area contributed by atoms with Gasteiger partial charge in [-0.15, -0.1) is 5.10 Å². The Morgan fingerprint density at radius 1 is 1.71 bits per heavy atom. The molecule has 0 aliphatic heterocycles. The Hall–Kier alpha value is -0.710. The molecule has 1 aromatic heterocycles. The molecule has 1 aromatic rings. The molecule has 0 unspecified atom stereocenters. The lowest BCUT2D eigenvalue weighted by molar-refractivity contribution is 0.666. The highest BCUT2D eigenvalue weighted by Gasteiger charge is 1.78. The number of tetrazole rings is 1. The van der Waals surface area contributed by atoms with E-state index in [1.54, 1.807) is 7.05 Å². The molecule has 0 aliphatic rings. The van der Waals surface area contributed by atoms with E-state index < -0.39 is 0 Å². The van der Waals surface area contributed by atoms with Crippen LogP contribution in [0.2, 0.25) is 0 Å². The molecule has 0 atom stereocenters. The number of nitrogens with zero attached hydrogens (tertiary/aromatic N) is 4. The maximum Gasteiger partial charge on any atom is 0.0315 e. The van der Waals surface area contributed by atoms with Gasteiger partial charge in [0.05, 0.1) is 0 Å². The van der Waals surface area contributed by atoms with E-state index in [1.807, 2.05) is 0 Å². The van der Waals surface area contributed by atoms with E-state index in [-0.39, 0.29) is 0 Å². The monoisotopic (exact) mass is 115 g/mol. The zero-order chi connectivity index (χ0) is 5.28. The molecule has 1 rings (SSSR count). The molecule has 0 saturated heterocycles. The average Bonchev–Trinajstić information content (AvgIpc) is 1.91.